The lowest BCUT2D eigenvalue weighted by Crippen LogP contribution is -2.30. The summed E-state index contributed by atoms with van der Waals surface area (Å²) in [4.78, 5) is 49.9. The lowest BCUT2D eigenvalue weighted by Gasteiger charge is -2.17. The highest BCUT2D eigenvalue weighted by Gasteiger charge is 2.36. The predicted octanol–water partition coefficient (Wildman–Crippen LogP) is 8.81. The maximum Gasteiger partial charge on any atom is 0.414 e. The molecule has 2 aliphatic rings. The SMILES string of the molecule is O=C(OCc1ccccc1)N1CCc2cc(S(=O)(=O)Cl)cc([N+](=O)[O-])c21.O=C(OCc1ccccc1)N1CCc2cc(SCc3ccccc3)cc([N+](=O)[O-])c21. The number of ether oxygens (including phenoxy) is 2. The van der Waals surface area contributed by atoms with Gasteiger partial charge in [-0.25, -0.2) is 18.0 Å². The van der Waals surface area contributed by atoms with Crippen LogP contribution in [-0.2, 0) is 50.3 Å². The Balaban J connectivity index is 0.000000192. The van der Waals surface area contributed by atoms with Crippen molar-refractivity contribution < 1.29 is 37.3 Å². The van der Waals surface area contributed by atoms with Gasteiger partial charge in [0.1, 0.15) is 24.6 Å². The number of benzene rings is 5. The molecule has 0 radical (unpaired) electrons. The molecule has 14 nitrogen and oxygen atoms in total. The lowest BCUT2D eigenvalue weighted by molar-refractivity contribution is -0.384. The fraction of sp³-hybridized carbons (Fsp3) is 0.179. The summed E-state index contributed by atoms with van der Waals surface area (Å²) in [6, 6.07) is 33.9. The third-order valence-electron chi connectivity index (χ3n) is 8.81. The molecule has 5 aromatic rings. The van der Waals surface area contributed by atoms with E-state index in [9.17, 15) is 38.2 Å². The molecule has 0 aliphatic carbocycles. The largest absolute Gasteiger partial charge is 0.444 e. The zero-order valence-electron chi connectivity index (χ0n) is 29.5. The van der Waals surface area contributed by atoms with Crippen LogP contribution in [-0.4, -0.2) is 43.5 Å². The van der Waals surface area contributed by atoms with Crippen LogP contribution in [0.5, 0.6) is 0 Å². The number of nitro groups is 2. The molecule has 0 spiro atoms. The van der Waals surface area contributed by atoms with E-state index in [0.717, 1.165) is 43.9 Å². The van der Waals surface area contributed by atoms with Crippen LogP contribution in [0.3, 0.4) is 0 Å². The van der Waals surface area contributed by atoms with E-state index in [-0.39, 0.29) is 42.4 Å². The molecule has 5 aromatic carbocycles. The van der Waals surface area contributed by atoms with Crippen LogP contribution in [0.4, 0.5) is 32.3 Å². The Morgan fingerprint density at radius 2 is 1.09 bits per heavy atom. The van der Waals surface area contributed by atoms with Crippen molar-refractivity contribution in [2.75, 3.05) is 22.9 Å². The molecule has 56 heavy (non-hydrogen) atoms. The van der Waals surface area contributed by atoms with Crippen molar-refractivity contribution in [3.05, 3.63) is 163 Å². The number of hydrogen-bond donors (Lipinski definition) is 0. The molecule has 288 valence electrons. The van der Waals surface area contributed by atoms with Crippen LogP contribution in [0.15, 0.2) is 125 Å². The second kappa shape index (κ2) is 17.7. The summed E-state index contributed by atoms with van der Waals surface area (Å²) in [6.07, 6.45) is -0.477. The van der Waals surface area contributed by atoms with Crippen molar-refractivity contribution in [1.82, 2.24) is 0 Å². The fourth-order valence-corrected chi connectivity index (χ4v) is 7.94. The Bertz CT molecular complexity index is 2370. The Morgan fingerprint density at radius 3 is 1.54 bits per heavy atom. The minimum absolute atomic E-state index is 0.0213. The van der Waals surface area contributed by atoms with Crippen molar-refractivity contribution in [3.63, 3.8) is 0 Å². The standard InChI is InChI=1S/C23H20N2O4S.C16H13ClN2O6S/c26-23(29-15-17-7-3-1-4-8-17)24-12-11-19-13-20(14-21(22(19)24)25(27)28)30-16-18-9-5-2-6-10-18;17-26(23,24)13-8-12-6-7-18(15(12)14(9-13)19(21)22)16(20)25-10-11-4-2-1-3-5-11/h1-10,13-14H,11-12,15-16H2;1-5,8-9H,6-7,10H2. The Kier molecular flexibility index (Phi) is 12.5. The van der Waals surface area contributed by atoms with E-state index in [4.69, 9.17) is 20.2 Å². The molecular formula is C39H33ClN4O10S2. The Morgan fingerprint density at radius 1 is 0.661 bits per heavy atom. The van der Waals surface area contributed by atoms with Crippen LogP contribution in [0, 0.1) is 20.2 Å². The highest BCUT2D eigenvalue weighted by Crippen LogP contribution is 2.42. The van der Waals surface area contributed by atoms with E-state index in [1.54, 1.807) is 42.1 Å². The van der Waals surface area contributed by atoms with Gasteiger partial charge < -0.3 is 9.47 Å². The number of anilines is 2. The number of carbonyl (C=O) groups is 2. The van der Waals surface area contributed by atoms with Gasteiger partial charge >= 0.3 is 12.2 Å². The van der Waals surface area contributed by atoms with E-state index < -0.39 is 36.8 Å². The fourth-order valence-electron chi connectivity index (χ4n) is 6.19. The Labute approximate surface area is 330 Å². The highest BCUT2D eigenvalue weighted by atomic mass is 35.7. The molecule has 0 unspecified atom stereocenters. The summed E-state index contributed by atoms with van der Waals surface area (Å²) in [7, 11) is 1.17. The number of nitro benzene ring substituents is 2. The smallest absolute Gasteiger partial charge is 0.414 e. The topological polar surface area (TPSA) is 179 Å². The first-order valence-corrected chi connectivity index (χ1v) is 20.4. The lowest BCUT2D eigenvalue weighted by atomic mass is 10.1. The van der Waals surface area contributed by atoms with Crippen molar-refractivity contribution in [2.24, 2.45) is 0 Å². The first-order chi connectivity index (χ1) is 26.9. The number of fused-ring (bicyclic) bond motifs is 2. The summed E-state index contributed by atoms with van der Waals surface area (Å²) in [5.74, 6) is 0.722. The summed E-state index contributed by atoms with van der Waals surface area (Å²) >= 11 is 1.55. The molecule has 0 aromatic heterocycles. The van der Waals surface area contributed by atoms with Crippen LogP contribution in [0.2, 0.25) is 0 Å². The van der Waals surface area contributed by atoms with E-state index in [0.29, 0.717) is 24.2 Å². The summed E-state index contributed by atoms with van der Waals surface area (Å²) in [5, 5.41) is 23.1. The second-order valence-electron chi connectivity index (χ2n) is 12.5. The summed E-state index contributed by atoms with van der Waals surface area (Å²) < 4.78 is 33.7. The van der Waals surface area contributed by atoms with Gasteiger partial charge in [-0.3, -0.25) is 30.0 Å². The van der Waals surface area contributed by atoms with Crippen LogP contribution in [0.1, 0.15) is 27.8 Å². The van der Waals surface area contributed by atoms with Gasteiger partial charge in [0.05, 0.1) is 14.7 Å². The average molecular weight is 817 g/mol. The van der Waals surface area contributed by atoms with Crippen LogP contribution >= 0.6 is 22.4 Å². The molecule has 0 saturated carbocycles. The number of amides is 2. The van der Waals surface area contributed by atoms with E-state index in [2.05, 4.69) is 0 Å². The molecule has 0 atom stereocenters. The van der Waals surface area contributed by atoms with E-state index in [1.165, 1.54) is 11.0 Å². The Hall–Kier alpha value is -5.97. The number of hydrogen-bond acceptors (Lipinski definition) is 11. The molecule has 2 heterocycles. The van der Waals surface area contributed by atoms with Gasteiger partial charge in [-0.1, -0.05) is 91.0 Å². The molecule has 0 bridgehead atoms. The minimum atomic E-state index is -4.13. The zero-order chi connectivity index (χ0) is 39.8. The van der Waals surface area contributed by atoms with Crippen LogP contribution in [0.25, 0.3) is 0 Å². The minimum Gasteiger partial charge on any atom is -0.444 e. The number of nitrogens with zero attached hydrogens (tertiary/aromatic N) is 4. The third-order valence-corrected chi connectivity index (χ3v) is 11.2. The molecule has 17 heteroatoms. The van der Waals surface area contributed by atoms with Crippen molar-refractivity contribution in [3.8, 4) is 0 Å². The summed E-state index contributed by atoms with van der Waals surface area (Å²) in [5.41, 5.74) is 3.78. The van der Waals surface area contributed by atoms with Gasteiger partial charge in [-0.05, 0) is 52.8 Å². The van der Waals surface area contributed by atoms with Crippen molar-refractivity contribution >= 4 is 66.4 Å². The predicted molar refractivity (Wildman–Crippen MR) is 211 cm³/mol. The van der Waals surface area contributed by atoms with Crippen molar-refractivity contribution in [1.29, 1.82) is 0 Å². The van der Waals surface area contributed by atoms with Gasteiger partial charge in [0.15, 0.2) is 0 Å². The molecule has 2 amide bonds. The van der Waals surface area contributed by atoms with E-state index >= 15 is 0 Å². The van der Waals surface area contributed by atoms with Gasteiger partial charge in [0.2, 0.25) is 0 Å². The first-order valence-electron chi connectivity index (χ1n) is 17.1. The number of carbonyl (C=O) groups excluding carboxylic acids is 2. The maximum absolute atomic E-state index is 12.6. The van der Waals surface area contributed by atoms with Gasteiger partial charge in [-0.15, -0.1) is 11.8 Å². The second-order valence-corrected chi connectivity index (χ2v) is 16.1. The number of thioether (sulfide) groups is 1. The first kappa shape index (κ1) is 39.7. The maximum atomic E-state index is 12.6. The normalized spacial score (nSPS) is 12.9. The molecule has 2 aliphatic heterocycles. The summed E-state index contributed by atoms with van der Waals surface area (Å²) in [6.45, 7) is 0.671. The van der Waals surface area contributed by atoms with Gasteiger partial charge in [0.25, 0.3) is 20.4 Å². The molecule has 0 fully saturated rings. The molecule has 0 N–H and O–H groups in total. The van der Waals surface area contributed by atoms with Gasteiger partial charge in [-0.2, -0.15) is 0 Å². The highest BCUT2D eigenvalue weighted by molar-refractivity contribution is 8.13. The molecule has 0 saturated heterocycles. The monoisotopic (exact) mass is 816 g/mol. The van der Waals surface area contributed by atoms with Crippen molar-refractivity contribution in [2.45, 2.75) is 41.6 Å². The number of rotatable bonds is 10. The van der Waals surface area contributed by atoms with Gasteiger partial charge in [0, 0.05) is 46.6 Å². The average Bonchev–Trinajstić information content (AvgIpc) is 3.84. The molecular weight excluding hydrogens is 784 g/mol. The third kappa shape index (κ3) is 9.63. The quantitative estimate of drug-likeness (QED) is 0.0569. The molecule has 7 rings (SSSR count). The van der Waals surface area contributed by atoms with E-state index in [1.807, 2.05) is 72.8 Å². The van der Waals surface area contributed by atoms with Crippen LogP contribution < -0.4 is 9.80 Å². The zero-order valence-corrected chi connectivity index (χ0v) is 31.9. The number of halogens is 1.